The SMILES string of the molecule is O=C(COc1ccc(Cl)c(F)c1)NC12CCC(c3nnc(C4CCC4)o3)(CC1)CC2O. The van der Waals surface area contributed by atoms with Crippen LogP contribution in [0.25, 0.3) is 0 Å². The summed E-state index contributed by atoms with van der Waals surface area (Å²) in [5.41, 5.74) is -1.01. The minimum absolute atomic E-state index is 0.00670. The van der Waals surface area contributed by atoms with Gasteiger partial charge in [-0.3, -0.25) is 4.79 Å². The van der Waals surface area contributed by atoms with Gasteiger partial charge >= 0.3 is 0 Å². The Labute approximate surface area is 184 Å². The number of aromatic nitrogens is 2. The maximum absolute atomic E-state index is 13.5. The first-order valence-corrected chi connectivity index (χ1v) is 11.2. The van der Waals surface area contributed by atoms with Gasteiger partial charge in [0.2, 0.25) is 11.8 Å². The number of carbonyl (C=O) groups excluding carboxylic acids is 1. The molecule has 31 heavy (non-hydrogen) atoms. The first kappa shape index (κ1) is 20.7. The zero-order valence-corrected chi connectivity index (χ0v) is 17.8. The number of aliphatic hydroxyl groups is 1. The van der Waals surface area contributed by atoms with Gasteiger partial charge in [-0.1, -0.05) is 18.0 Å². The second-order valence-corrected chi connectivity index (χ2v) is 9.55. The smallest absolute Gasteiger partial charge is 0.258 e. The molecule has 2 aromatic rings. The Kier molecular flexibility index (Phi) is 5.17. The van der Waals surface area contributed by atoms with Crippen molar-refractivity contribution in [3.05, 3.63) is 40.8 Å². The molecule has 166 valence electrons. The molecule has 4 aliphatic rings. The molecule has 0 saturated heterocycles. The monoisotopic (exact) mass is 449 g/mol. The van der Waals surface area contributed by atoms with Crippen LogP contribution >= 0.6 is 11.6 Å². The van der Waals surface area contributed by atoms with Gasteiger partial charge < -0.3 is 19.6 Å². The largest absolute Gasteiger partial charge is 0.484 e. The Morgan fingerprint density at radius 2 is 2.06 bits per heavy atom. The van der Waals surface area contributed by atoms with Crippen LogP contribution in [0.2, 0.25) is 5.02 Å². The fourth-order valence-corrected chi connectivity index (χ4v) is 5.20. The van der Waals surface area contributed by atoms with Crippen molar-refractivity contribution >= 4 is 17.5 Å². The highest BCUT2D eigenvalue weighted by Crippen LogP contribution is 2.53. The summed E-state index contributed by atoms with van der Waals surface area (Å²) in [7, 11) is 0. The van der Waals surface area contributed by atoms with Crippen molar-refractivity contribution < 1.29 is 23.4 Å². The van der Waals surface area contributed by atoms with Crippen LogP contribution in [-0.4, -0.2) is 39.5 Å². The number of benzene rings is 1. The number of carbonyl (C=O) groups is 1. The van der Waals surface area contributed by atoms with Gasteiger partial charge in [0.15, 0.2) is 6.61 Å². The third-order valence-electron chi connectivity index (χ3n) is 7.32. The van der Waals surface area contributed by atoms with Crippen molar-refractivity contribution in [2.75, 3.05) is 6.61 Å². The molecule has 9 heteroatoms. The quantitative estimate of drug-likeness (QED) is 0.698. The lowest BCUT2D eigenvalue weighted by Gasteiger charge is -2.54. The van der Waals surface area contributed by atoms with Crippen LogP contribution in [0.15, 0.2) is 22.6 Å². The summed E-state index contributed by atoms with van der Waals surface area (Å²) in [6.07, 6.45) is 5.92. The number of hydrogen-bond acceptors (Lipinski definition) is 6. The minimum Gasteiger partial charge on any atom is -0.484 e. The van der Waals surface area contributed by atoms with E-state index >= 15 is 0 Å². The van der Waals surface area contributed by atoms with Crippen LogP contribution in [0, 0.1) is 5.82 Å². The average molecular weight is 450 g/mol. The Bertz CT molecular complexity index is 985. The highest BCUT2D eigenvalue weighted by Gasteiger charge is 2.57. The molecule has 2 bridgehead atoms. The number of fused-ring (bicyclic) bond motifs is 3. The zero-order valence-electron chi connectivity index (χ0n) is 17.1. The standard InChI is InChI=1S/C22H25ClFN3O4/c23-15-5-4-14(10-16(15)24)30-12-18(29)25-22-8-6-21(7-9-22,11-17(22)28)20-27-26-19(31-20)13-2-1-3-13/h4-5,10,13,17,28H,1-3,6-9,11-12H2,(H,25,29). The summed E-state index contributed by atoms with van der Waals surface area (Å²) in [5.74, 6) is 0.986. The molecule has 1 amide bonds. The second kappa shape index (κ2) is 7.74. The van der Waals surface area contributed by atoms with Crippen LogP contribution in [0.5, 0.6) is 5.75 Å². The van der Waals surface area contributed by atoms with Crippen LogP contribution in [0.3, 0.4) is 0 Å². The van der Waals surface area contributed by atoms with Crippen LogP contribution in [-0.2, 0) is 10.2 Å². The van der Waals surface area contributed by atoms with Gasteiger partial charge in [-0.2, -0.15) is 0 Å². The molecule has 1 aromatic carbocycles. The molecule has 4 aliphatic carbocycles. The first-order chi connectivity index (χ1) is 14.9. The summed E-state index contributed by atoms with van der Waals surface area (Å²) in [4.78, 5) is 12.5. The van der Waals surface area contributed by atoms with Gasteiger partial charge in [-0.05, 0) is 57.1 Å². The van der Waals surface area contributed by atoms with Crippen molar-refractivity contribution in [1.29, 1.82) is 0 Å². The summed E-state index contributed by atoms with van der Waals surface area (Å²) in [5, 5.41) is 22.5. The number of halogens is 2. The second-order valence-electron chi connectivity index (χ2n) is 9.14. The van der Waals surface area contributed by atoms with Crippen LogP contribution < -0.4 is 10.1 Å². The predicted octanol–water partition coefficient (Wildman–Crippen LogP) is 3.64. The summed E-state index contributed by atoms with van der Waals surface area (Å²) < 4.78 is 25.0. The molecular formula is C22H25ClFN3O4. The number of nitrogens with one attached hydrogen (secondary N) is 1. The lowest BCUT2D eigenvalue weighted by molar-refractivity contribution is -0.132. The number of rotatable bonds is 6. The van der Waals surface area contributed by atoms with Crippen molar-refractivity contribution in [3.63, 3.8) is 0 Å². The fraction of sp³-hybridized carbons (Fsp3) is 0.591. The molecule has 0 aliphatic heterocycles. The minimum atomic E-state index is -0.717. The Morgan fingerprint density at radius 3 is 2.71 bits per heavy atom. The Balaban J connectivity index is 1.21. The fourth-order valence-electron chi connectivity index (χ4n) is 5.09. The molecule has 1 aromatic heterocycles. The molecule has 4 saturated carbocycles. The molecular weight excluding hydrogens is 425 g/mol. The van der Waals surface area contributed by atoms with E-state index in [0.717, 1.165) is 37.6 Å². The lowest BCUT2D eigenvalue weighted by Crippen LogP contribution is -2.66. The zero-order chi connectivity index (χ0) is 21.6. The van der Waals surface area contributed by atoms with E-state index in [4.69, 9.17) is 20.8 Å². The predicted molar refractivity (Wildman–Crippen MR) is 109 cm³/mol. The van der Waals surface area contributed by atoms with Crippen LogP contribution in [0.4, 0.5) is 4.39 Å². The van der Waals surface area contributed by atoms with Gasteiger partial charge in [0.25, 0.3) is 5.91 Å². The lowest BCUT2D eigenvalue weighted by atomic mass is 9.55. The number of hydrogen-bond donors (Lipinski definition) is 2. The van der Waals surface area contributed by atoms with E-state index in [2.05, 4.69) is 15.5 Å². The number of ether oxygens (including phenoxy) is 1. The Hall–Kier alpha value is -2.19. The highest BCUT2D eigenvalue weighted by atomic mass is 35.5. The molecule has 4 fully saturated rings. The van der Waals surface area contributed by atoms with E-state index in [1.54, 1.807) is 0 Å². The first-order valence-electron chi connectivity index (χ1n) is 10.8. The van der Waals surface area contributed by atoms with Crippen molar-refractivity contribution in [2.45, 2.75) is 74.3 Å². The van der Waals surface area contributed by atoms with Gasteiger partial charge in [0.05, 0.1) is 22.1 Å². The number of nitrogens with zero attached hydrogens (tertiary/aromatic N) is 2. The Morgan fingerprint density at radius 1 is 1.29 bits per heavy atom. The van der Waals surface area contributed by atoms with E-state index in [-0.39, 0.29) is 28.7 Å². The molecule has 2 N–H and O–H groups in total. The summed E-state index contributed by atoms with van der Waals surface area (Å²) in [6.45, 7) is -0.269. The third kappa shape index (κ3) is 3.69. The third-order valence-corrected chi connectivity index (χ3v) is 7.63. The topological polar surface area (TPSA) is 97.5 Å². The summed E-state index contributed by atoms with van der Waals surface area (Å²) in [6, 6.07) is 4.02. The molecule has 0 radical (unpaired) electrons. The maximum atomic E-state index is 13.5. The van der Waals surface area contributed by atoms with Gasteiger partial charge in [-0.15, -0.1) is 10.2 Å². The van der Waals surface area contributed by atoms with E-state index in [0.29, 0.717) is 31.1 Å². The number of amides is 1. The maximum Gasteiger partial charge on any atom is 0.258 e. The number of aliphatic hydroxyl groups excluding tert-OH is 1. The molecule has 1 unspecified atom stereocenters. The highest BCUT2D eigenvalue weighted by molar-refractivity contribution is 6.30. The van der Waals surface area contributed by atoms with Crippen LogP contribution in [0.1, 0.15) is 69.1 Å². The van der Waals surface area contributed by atoms with Crippen molar-refractivity contribution in [1.82, 2.24) is 15.5 Å². The molecule has 1 heterocycles. The van der Waals surface area contributed by atoms with Crippen molar-refractivity contribution in [3.8, 4) is 5.75 Å². The average Bonchev–Trinajstić information content (AvgIpc) is 3.19. The summed E-state index contributed by atoms with van der Waals surface area (Å²) >= 11 is 5.66. The van der Waals surface area contributed by atoms with E-state index < -0.39 is 17.5 Å². The van der Waals surface area contributed by atoms with Crippen molar-refractivity contribution in [2.24, 2.45) is 0 Å². The molecule has 1 atom stereocenters. The van der Waals surface area contributed by atoms with E-state index in [1.807, 2.05) is 0 Å². The normalized spacial score (nSPS) is 30.1. The van der Waals surface area contributed by atoms with Gasteiger partial charge in [-0.25, -0.2) is 4.39 Å². The molecule has 6 rings (SSSR count). The van der Waals surface area contributed by atoms with E-state index in [9.17, 15) is 14.3 Å². The van der Waals surface area contributed by atoms with E-state index in [1.165, 1.54) is 18.6 Å². The van der Waals surface area contributed by atoms with Gasteiger partial charge in [0, 0.05) is 12.0 Å². The molecule has 7 nitrogen and oxygen atoms in total. The molecule has 0 spiro atoms. The van der Waals surface area contributed by atoms with Gasteiger partial charge in [0.1, 0.15) is 11.6 Å².